The van der Waals surface area contributed by atoms with Gasteiger partial charge in [0, 0.05) is 11.8 Å². The van der Waals surface area contributed by atoms with Crippen LogP contribution in [-0.4, -0.2) is 16.4 Å². The first-order chi connectivity index (χ1) is 4.86. The monoisotopic (exact) mass is 137 g/mol. The van der Waals surface area contributed by atoms with Gasteiger partial charge in [0.15, 0.2) is 6.29 Å². The fourth-order valence-corrected chi connectivity index (χ4v) is 0.599. The van der Waals surface area contributed by atoms with Crippen LogP contribution in [0.2, 0.25) is 0 Å². The average molecular weight is 137 g/mol. The Morgan fingerprint density at radius 2 is 2.40 bits per heavy atom. The van der Waals surface area contributed by atoms with E-state index in [-0.39, 0.29) is 6.61 Å². The third kappa shape index (κ3) is 1.39. The van der Waals surface area contributed by atoms with Gasteiger partial charge in [0.2, 0.25) is 0 Å². The number of hydrogen-bond donors (Lipinski definition) is 1. The van der Waals surface area contributed by atoms with Crippen molar-refractivity contribution in [1.29, 1.82) is 0 Å². The fraction of sp³-hybridized carbons (Fsp3) is 0.143. The highest BCUT2D eigenvalue weighted by Gasteiger charge is 1.90. The predicted molar refractivity (Wildman–Crippen MR) is 35.5 cm³/mol. The standard InChI is InChI=1S/C7H7NO2/c9-4-6-1-2-7(5-10)8-3-6/h1-4,10H,5H2. The molecule has 0 amide bonds. The van der Waals surface area contributed by atoms with Gasteiger partial charge in [-0.05, 0) is 12.1 Å². The van der Waals surface area contributed by atoms with E-state index >= 15 is 0 Å². The van der Waals surface area contributed by atoms with E-state index in [9.17, 15) is 4.79 Å². The van der Waals surface area contributed by atoms with Crippen molar-refractivity contribution in [3.63, 3.8) is 0 Å². The second-order valence-electron chi connectivity index (χ2n) is 1.86. The Balaban J connectivity index is 2.90. The lowest BCUT2D eigenvalue weighted by molar-refractivity contribution is 0.112. The summed E-state index contributed by atoms with van der Waals surface area (Å²) in [4.78, 5) is 13.9. The van der Waals surface area contributed by atoms with E-state index in [1.807, 2.05) is 0 Å². The number of aliphatic hydroxyl groups excluding tert-OH is 1. The largest absolute Gasteiger partial charge is 0.390 e. The predicted octanol–water partition coefficient (Wildman–Crippen LogP) is 0.386. The zero-order valence-corrected chi connectivity index (χ0v) is 5.32. The quantitative estimate of drug-likeness (QED) is 0.600. The summed E-state index contributed by atoms with van der Waals surface area (Å²) in [6.45, 7) is -0.0842. The van der Waals surface area contributed by atoms with Gasteiger partial charge in [-0.2, -0.15) is 0 Å². The zero-order valence-electron chi connectivity index (χ0n) is 5.32. The van der Waals surface area contributed by atoms with Crippen LogP contribution in [0.1, 0.15) is 16.1 Å². The molecule has 3 nitrogen and oxygen atoms in total. The van der Waals surface area contributed by atoms with Gasteiger partial charge in [0.1, 0.15) is 0 Å². The number of rotatable bonds is 2. The van der Waals surface area contributed by atoms with Crippen LogP contribution in [0.3, 0.4) is 0 Å². The highest BCUT2D eigenvalue weighted by molar-refractivity contribution is 5.73. The molecule has 0 spiro atoms. The maximum atomic E-state index is 10.1. The SMILES string of the molecule is O=Cc1ccc(CO)nc1. The summed E-state index contributed by atoms with van der Waals surface area (Å²) < 4.78 is 0. The van der Waals surface area contributed by atoms with Crippen LogP contribution in [0.15, 0.2) is 18.3 Å². The van der Waals surface area contributed by atoms with E-state index in [0.717, 1.165) is 0 Å². The normalized spacial score (nSPS) is 9.30. The Morgan fingerprint density at radius 1 is 1.60 bits per heavy atom. The molecule has 1 rings (SSSR count). The van der Waals surface area contributed by atoms with Gasteiger partial charge in [0.05, 0.1) is 12.3 Å². The van der Waals surface area contributed by atoms with Crippen LogP contribution < -0.4 is 0 Å². The molecule has 0 saturated heterocycles. The Labute approximate surface area is 58.3 Å². The maximum Gasteiger partial charge on any atom is 0.151 e. The van der Waals surface area contributed by atoms with Crippen molar-refractivity contribution in [3.8, 4) is 0 Å². The molecule has 0 bridgehead atoms. The Kier molecular flexibility index (Phi) is 2.12. The molecule has 0 aliphatic carbocycles. The molecule has 0 radical (unpaired) electrons. The molecule has 0 atom stereocenters. The van der Waals surface area contributed by atoms with Gasteiger partial charge >= 0.3 is 0 Å². The first kappa shape index (κ1) is 6.89. The smallest absolute Gasteiger partial charge is 0.151 e. The van der Waals surface area contributed by atoms with Crippen LogP contribution >= 0.6 is 0 Å². The molecule has 1 N–H and O–H groups in total. The third-order valence-electron chi connectivity index (χ3n) is 1.15. The van der Waals surface area contributed by atoms with E-state index in [2.05, 4.69) is 4.98 Å². The number of carbonyl (C=O) groups is 1. The molecule has 10 heavy (non-hydrogen) atoms. The number of pyridine rings is 1. The van der Waals surface area contributed by atoms with Crippen molar-refractivity contribution >= 4 is 6.29 Å². The van der Waals surface area contributed by atoms with Crippen molar-refractivity contribution in [3.05, 3.63) is 29.6 Å². The molecular formula is C7H7NO2. The van der Waals surface area contributed by atoms with Crippen molar-refractivity contribution in [2.24, 2.45) is 0 Å². The van der Waals surface area contributed by atoms with Crippen molar-refractivity contribution in [2.45, 2.75) is 6.61 Å². The van der Waals surface area contributed by atoms with E-state index < -0.39 is 0 Å². The summed E-state index contributed by atoms with van der Waals surface area (Å²) in [6, 6.07) is 3.23. The van der Waals surface area contributed by atoms with Gasteiger partial charge < -0.3 is 5.11 Å². The van der Waals surface area contributed by atoms with E-state index in [0.29, 0.717) is 17.5 Å². The van der Waals surface area contributed by atoms with Crippen LogP contribution in [0.25, 0.3) is 0 Å². The van der Waals surface area contributed by atoms with E-state index in [1.54, 1.807) is 12.1 Å². The minimum absolute atomic E-state index is 0.0842. The Hall–Kier alpha value is -1.22. The van der Waals surface area contributed by atoms with Crippen molar-refractivity contribution < 1.29 is 9.90 Å². The molecule has 0 aromatic carbocycles. The van der Waals surface area contributed by atoms with Crippen LogP contribution in [-0.2, 0) is 6.61 Å². The topological polar surface area (TPSA) is 50.2 Å². The minimum atomic E-state index is -0.0842. The summed E-state index contributed by atoms with van der Waals surface area (Å²) in [5.41, 5.74) is 1.10. The second-order valence-corrected chi connectivity index (χ2v) is 1.86. The highest BCUT2D eigenvalue weighted by atomic mass is 16.3. The second kappa shape index (κ2) is 3.08. The average Bonchev–Trinajstić information content (AvgIpc) is 2.05. The summed E-state index contributed by atoms with van der Waals surface area (Å²) in [6.07, 6.45) is 2.15. The van der Waals surface area contributed by atoms with Gasteiger partial charge in [-0.3, -0.25) is 9.78 Å². The first-order valence-electron chi connectivity index (χ1n) is 2.88. The molecule has 0 aliphatic rings. The number of aliphatic hydroxyl groups is 1. The number of hydrogen-bond acceptors (Lipinski definition) is 3. The van der Waals surface area contributed by atoms with Gasteiger partial charge in [-0.1, -0.05) is 0 Å². The first-order valence-corrected chi connectivity index (χ1v) is 2.88. The molecule has 0 saturated carbocycles. The molecule has 0 aliphatic heterocycles. The number of aromatic nitrogens is 1. The van der Waals surface area contributed by atoms with Gasteiger partial charge in [0.25, 0.3) is 0 Å². The van der Waals surface area contributed by atoms with Crippen LogP contribution in [0.5, 0.6) is 0 Å². The Morgan fingerprint density at radius 3 is 2.80 bits per heavy atom. The highest BCUT2D eigenvalue weighted by Crippen LogP contribution is 1.96. The summed E-state index contributed by atoms with van der Waals surface area (Å²) in [5, 5.41) is 8.55. The van der Waals surface area contributed by atoms with Gasteiger partial charge in [-0.25, -0.2) is 0 Å². The van der Waals surface area contributed by atoms with E-state index in [4.69, 9.17) is 5.11 Å². The van der Waals surface area contributed by atoms with E-state index in [1.165, 1.54) is 6.20 Å². The third-order valence-corrected chi connectivity index (χ3v) is 1.15. The van der Waals surface area contributed by atoms with Crippen molar-refractivity contribution in [2.75, 3.05) is 0 Å². The molecule has 3 heteroatoms. The van der Waals surface area contributed by atoms with Crippen LogP contribution in [0.4, 0.5) is 0 Å². The summed E-state index contributed by atoms with van der Waals surface area (Å²) in [7, 11) is 0. The maximum absolute atomic E-state index is 10.1. The summed E-state index contributed by atoms with van der Waals surface area (Å²) in [5.74, 6) is 0. The molecule has 0 fully saturated rings. The number of nitrogens with zero attached hydrogens (tertiary/aromatic N) is 1. The van der Waals surface area contributed by atoms with Gasteiger partial charge in [-0.15, -0.1) is 0 Å². The molecule has 0 unspecified atom stereocenters. The number of carbonyl (C=O) groups excluding carboxylic acids is 1. The van der Waals surface area contributed by atoms with Crippen LogP contribution in [0, 0.1) is 0 Å². The fourth-order valence-electron chi connectivity index (χ4n) is 0.599. The zero-order chi connectivity index (χ0) is 7.40. The summed E-state index contributed by atoms with van der Waals surface area (Å²) >= 11 is 0. The lowest BCUT2D eigenvalue weighted by atomic mass is 10.3. The molecule has 1 aromatic heterocycles. The molecule has 1 aromatic rings. The lowest BCUT2D eigenvalue weighted by Crippen LogP contribution is -1.89. The lowest BCUT2D eigenvalue weighted by Gasteiger charge is -1.92. The molecular weight excluding hydrogens is 130 g/mol. The molecule has 52 valence electrons. The minimum Gasteiger partial charge on any atom is -0.390 e. The number of aldehydes is 1. The van der Waals surface area contributed by atoms with Crippen molar-refractivity contribution in [1.82, 2.24) is 4.98 Å². The Bertz CT molecular complexity index is 218. The molecule has 1 heterocycles.